The van der Waals surface area contributed by atoms with Crippen LogP contribution >= 0.6 is 11.3 Å². The minimum atomic E-state index is 0.0381. The second kappa shape index (κ2) is 4.48. The van der Waals surface area contributed by atoms with Gasteiger partial charge in [0.15, 0.2) is 10.8 Å². The molecule has 1 aliphatic heterocycles. The molecule has 19 heavy (non-hydrogen) atoms. The molecule has 1 aliphatic rings. The summed E-state index contributed by atoms with van der Waals surface area (Å²) >= 11 is 1.68. The van der Waals surface area contributed by atoms with Gasteiger partial charge in [0.1, 0.15) is 0 Å². The van der Waals surface area contributed by atoms with E-state index < -0.39 is 0 Å². The molecule has 0 spiro atoms. The summed E-state index contributed by atoms with van der Waals surface area (Å²) in [6.45, 7) is 5.35. The summed E-state index contributed by atoms with van der Waals surface area (Å²) in [7, 11) is 1.92. The summed E-state index contributed by atoms with van der Waals surface area (Å²) in [6, 6.07) is 0.240. The molecular weight excluding hydrogens is 262 g/mol. The van der Waals surface area contributed by atoms with Gasteiger partial charge in [-0.15, -0.1) is 0 Å². The van der Waals surface area contributed by atoms with Crippen LogP contribution in [0.4, 0.5) is 5.13 Å². The largest absolute Gasteiger partial charge is 0.352 e. The van der Waals surface area contributed by atoms with Gasteiger partial charge < -0.3 is 10.2 Å². The van der Waals surface area contributed by atoms with E-state index in [9.17, 15) is 4.79 Å². The molecule has 2 aromatic heterocycles. The number of aryl methyl sites for hydroxylation is 2. The van der Waals surface area contributed by atoms with Crippen LogP contribution in [-0.4, -0.2) is 39.8 Å². The summed E-state index contributed by atoms with van der Waals surface area (Å²) in [5.74, 6) is 0.0381. The van der Waals surface area contributed by atoms with E-state index in [4.69, 9.17) is 0 Å². The van der Waals surface area contributed by atoms with Gasteiger partial charge in [0, 0.05) is 33.1 Å². The topological polar surface area (TPSA) is 63.1 Å². The Balaban J connectivity index is 1.82. The van der Waals surface area contributed by atoms with Gasteiger partial charge in [-0.3, -0.25) is 4.79 Å². The zero-order chi connectivity index (χ0) is 13.6. The first-order chi connectivity index (χ1) is 9.04. The minimum absolute atomic E-state index is 0.0381. The molecule has 1 atom stereocenters. The fraction of sp³-hybridized carbons (Fsp3) is 0.583. The Bertz CT molecular complexity index is 597. The Hall–Kier alpha value is -1.63. The van der Waals surface area contributed by atoms with Crippen LogP contribution in [0, 0.1) is 6.92 Å². The van der Waals surface area contributed by atoms with Crippen molar-refractivity contribution < 1.29 is 4.79 Å². The van der Waals surface area contributed by atoms with Crippen molar-refractivity contribution in [3.8, 4) is 0 Å². The molecule has 1 unspecified atom stereocenters. The van der Waals surface area contributed by atoms with Crippen molar-refractivity contribution in [3.05, 3.63) is 5.69 Å². The highest BCUT2D eigenvalue weighted by Gasteiger charge is 2.26. The molecule has 3 heterocycles. The van der Waals surface area contributed by atoms with Gasteiger partial charge in [0.25, 0.3) is 0 Å². The van der Waals surface area contributed by atoms with Gasteiger partial charge in [-0.1, -0.05) is 11.3 Å². The van der Waals surface area contributed by atoms with E-state index in [1.165, 1.54) is 0 Å². The highest BCUT2D eigenvalue weighted by molar-refractivity contribution is 7.22. The molecule has 0 aromatic carbocycles. The molecule has 6 nitrogen and oxygen atoms in total. The van der Waals surface area contributed by atoms with Crippen LogP contribution in [0.15, 0.2) is 0 Å². The second-order valence-corrected chi connectivity index (χ2v) is 5.97. The van der Waals surface area contributed by atoms with Crippen LogP contribution in [-0.2, 0) is 11.8 Å². The van der Waals surface area contributed by atoms with Crippen molar-refractivity contribution in [2.45, 2.75) is 26.3 Å². The van der Waals surface area contributed by atoms with Gasteiger partial charge >= 0.3 is 0 Å². The lowest BCUT2D eigenvalue weighted by molar-refractivity contribution is -0.119. The lowest BCUT2D eigenvalue weighted by atomic mass is 10.3. The first-order valence-electron chi connectivity index (χ1n) is 6.37. The molecule has 2 aromatic rings. The fourth-order valence-corrected chi connectivity index (χ4v) is 3.62. The molecule has 0 radical (unpaired) electrons. The molecular formula is C12H17N5OS. The Kier molecular flexibility index (Phi) is 2.93. The van der Waals surface area contributed by atoms with Crippen LogP contribution in [0.25, 0.3) is 10.3 Å². The van der Waals surface area contributed by atoms with E-state index in [1.807, 2.05) is 18.7 Å². The number of fused-ring (bicyclic) bond motifs is 1. The highest BCUT2D eigenvalue weighted by Crippen LogP contribution is 2.32. The van der Waals surface area contributed by atoms with Crippen molar-refractivity contribution in [1.29, 1.82) is 0 Å². The van der Waals surface area contributed by atoms with Crippen LogP contribution in [0.1, 0.15) is 19.0 Å². The Morgan fingerprint density at radius 3 is 3.00 bits per heavy atom. The van der Waals surface area contributed by atoms with E-state index in [2.05, 4.69) is 20.3 Å². The number of aromatic nitrogens is 3. The van der Waals surface area contributed by atoms with Gasteiger partial charge in [-0.25, -0.2) is 9.67 Å². The molecule has 0 aliphatic carbocycles. The van der Waals surface area contributed by atoms with Crippen LogP contribution in [0.3, 0.4) is 0 Å². The number of amides is 1. The minimum Gasteiger partial charge on any atom is -0.352 e. The molecule has 1 N–H and O–H groups in total. The van der Waals surface area contributed by atoms with Crippen LogP contribution in [0.5, 0.6) is 0 Å². The summed E-state index contributed by atoms with van der Waals surface area (Å²) < 4.78 is 2.98. The molecule has 102 valence electrons. The SMILES string of the molecule is CC(=O)NC1CCN(c2nc3c(s2)c(C)nn3C)C1. The third-order valence-corrected chi connectivity index (χ3v) is 4.61. The zero-order valence-electron chi connectivity index (χ0n) is 11.3. The lowest BCUT2D eigenvalue weighted by Gasteiger charge is -2.15. The highest BCUT2D eigenvalue weighted by atomic mass is 32.1. The van der Waals surface area contributed by atoms with E-state index in [0.717, 1.165) is 40.7 Å². The summed E-state index contributed by atoms with van der Waals surface area (Å²) in [4.78, 5) is 18.0. The standard InChI is InChI=1S/C12H17N5OS/c1-7-10-11(16(3)15-7)14-12(19-10)17-5-4-9(6-17)13-8(2)18/h9H,4-6H2,1-3H3,(H,13,18). The predicted octanol–water partition coefficient (Wildman–Crippen LogP) is 1.05. The molecule has 3 rings (SSSR count). The number of hydrogen-bond donors (Lipinski definition) is 1. The van der Waals surface area contributed by atoms with Gasteiger partial charge in [-0.05, 0) is 13.3 Å². The quantitative estimate of drug-likeness (QED) is 0.892. The summed E-state index contributed by atoms with van der Waals surface area (Å²) in [5.41, 5.74) is 1.97. The Morgan fingerprint density at radius 1 is 1.53 bits per heavy atom. The number of anilines is 1. The Labute approximate surface area is 115 Å². The van der Waals surface area contributed by atoms with Crippen LogP contribution in [0.2, 0.25) is 0 Å². The number of nitrogens with one attached hydrogen (secondary N) is 1. The average Bonchev–Trinajstić information content (AvgIpc) is 2.97. The summed E-state index contributed by atoms with van der Waals surface area (Å²) in [5, 5.41) is 8.36. The van der Waals surface area contributed by atoms with Gasteiger partial charge in [0.05, 0.1) is 10.4 Å². The van der Waals surface area contributed by atoms with Crippen molar-refractivity contribution in [2.24, 2.45) is 7.05 Å². The van der Waals surface area contributed by atoms with E-state index in [1.54, 1.807) is 18.3 Å². The number of nitrogens with zero attached hydrogens (tertiary/aromatic N) is 4. The van der Waals surface area contributed by atoms with Gasteiger partial charge in [0.2, 0.25) is 5.91 Å². The molecule has 0 saturated carbocycles. The monoisotopic (exact) mass is 279 g/mol. The van der Waals surface area contributed by atoms with Crippen molar-refractivity contribution >= 4 is 32.7 Å². The lowest BCUT2D eigenvalue weighted by Crippen LogP contribution is -2.35. The van der Waals surface area contributed by atoms with E-state index in [0.29, 0.717) is 0 Å². The molecule has 1 saturated heterocycles. The molecule has 7 heteroatoms. The third kappa shape index (κ3) is 2.18. The fourth-order valence-electron chi connectivity index (χ4n) is 2.55. The van der Waals surface area contributed by atoms with Crippen molar-refractivity contribution in [3.63, 3.8) is 0 Å². The predicted molar refractivity (Wildman–Crippen MR) is 75.6 cm³/mol. The summed E-state index contributed by atoms with van der Waals surface area (Å²) in [6.07, 6.45) is 0.979. The number of hydrogen-bond acceptors (Lipinski definition) is 5. The number of thiazole rings is 1. The second-order valence-electron chi connectivity index (χ2n) is 4.99. The zero-order valence-corrected chi connectivity index (χ0v) is 12.1. The first kappa shape index (κ1) is 12.4. The van der Waals surface area contributed by atoms with Crippen LogP contribution < -0.4 is 10.2 Å². The maximum absolute atomic E-state index is 11.1. The van der Waals surface area contributed by atoms with E-state index in [-0.39, 0.29) is 11.9 Å². The average molecular weight is 279 g/mol. The maximum Gasteiger partial charge on any atom is 0.217 e. The Morgan fingerprint density at radius 2 is 2.32 bits per heavy atom. The van der Waals surface area contributed by atoms with E-state index >= 15 is 0 Å². The van der Waals surface area contributed by atoms with Crippen molar-refractivity contribution in [1.82, 2.24) is 20.1 Å². The molecule has 0 bridgehead atoms. The number of carbonyl (C=O) groups is 1. The first-order valence-corrected chi connectivity index (χ1v) is 7.18. The normalized spacial score (nSPS) is 19.3. The maximum atomic E-state index is 11.1. The number of carbonyl (C=O) groups excluding carboxylic acids is 1. The molecule has 1 amide bonds. The number of rotatable bonds is 2. The molecule has 1 fully saturated rings. The van der Waals surface area contributed by atoms with Gasteiger partial charge in [-0.2, -0.15) is 5.10 Å². The smallest absolute Gasteiger partial charge is 0.217 e. The van der Waals surface area contributed by atoms with Crippen molar-refractivity contribution in [2.75, 3.05) is 18.0 Å². The third-order valence-electron chi connectivity index (χ3n) is 3.40.